The van der Waals surface area contributed by atoms with Crippen molar-refractivity contribution in [2.75, 3.05) is 46.4 Å². The Balaban J connectivity index is 3.89. The van der Waals surface area contributed by atoms with Crippen LogP contribution in [0, 0.1) is 0 Å². The summed E-state index contributed by atoms with van der Waals surface area (Å²) in [5.74, 6) is 0.678. The van der Waals surface area contributed by atoms with E-state index in [1.165, 1.54) is 11.4 Å². The van der Waals surface area contributed by atoms with E-state index < -0.39 is 6.80 Å². The normalized spacial score (nSPS) is 11.9. The van der Waals surface area contributed by atoms with Gasteiger partial charge in [0.15, 0.2) is 0 Å². The average Bonchev–Trinajstić information content (AvgIpc) is 2.19. The quantitative estimate of drug-likeness (QED) is 0.442. The fourth-order valence-corrected chi connectivity index (χ4v) is 3.71. The molecule has 0 aliphatic rings. The van der Waals surface area contributed by atoms with Gasteiger partial charge in [-0.3, -0.25) is 9.05 Å². The second-order valence-electron chi connectivity index (χ2n) is 2.52. The molecule has 0 amide bonds. The van der Waals surface area contributed by atoms with E-state index in [0.717, 1.165) is 0 Å². The van der Waals surface area contributed by atoms with Crippen molar-refractivity contribution in [3.05, 3.63) is 0 Å². The van der Waals surface area contributed by atoms with Gasteiger partial charge in [0, 0.05) is 20.0 Å². The molecule has 0 saturated carbocycles. The van der Waals surface area contributed by atoms with Gasteiger partial charge in [-0.25, -0.2) is 4.57 Å². The largest absolute Gasteiger partial charge is 0.389 e. The monoisotopic (exact) mass is 258 g/mol. The van der Waals surface area contributed by atoms with Crippen LogP contribution in [-0.2, 0) is 23.1 Å². The third-order valence-corrected chi connectivity index (χ3v) is 5.29. The summed E-state index contributed by atoms with van der Waals surface area (Å²) in [7, 11) is 3.13. The molecule has 0 aliphatic carbocycles. The summed E-state index contributed by atoms with van der Waals surface area (Å²) in [6.07, 6.45) is 0. The highest BCUT2D eigenvalue weighted by Crippen LogP contribution is 2.60. The van der Waals surface area contributed by atoms with Gasteiger partial charge >= 0.3 is 6.80 Å². The van der Waals surface area contributed by atoms with Crippen LogP contribution in [0.25, 0.3) is 0 Å². The molecule has 0 rings (SSSR count). The van der Waals surface area contributed by atoms with Crippen molar-refractivity contribution >= 4 is 18.2 Å². The van der Waals surface area contributed by atoms with E-state index in [0.29, 0.717) is 19.0 Å². The molecule has 5 nitrogen and oxygen atoms in total. The minimum absolute atomic E-state index is 0.272. The van der Waals surface area contributed by atoms with Gasteiger partial charge in [0.05, 0.1) is 26.4 Å². The Labute approximate surface area is 95.1 Å². The summed E-state index contributed by atoms with van der Waals surface area (Å²) >= 11 is 1.18. The van der Waals surface area contributed by atoms with Crippen molar-refractivity contribution in [2.45, 2.75) is 6.92 Å². The molecule has 0 aromatic carbocycles. The second-order valence-corrected chi connectivity index (χ2v) is 6.88. The van der Waals surface area contributed by atoms with Gasteiger partial charge < -0.3 is 9.47 Å². The van der Waals surface area contributed by atoms with Gasteiger partial charge in [-0.1, -0.05) is 6.92 Å². The Morgan fingerprint density at radius 3 is 1.80 bits per heavy atom. The fourth-order valence-electron chi connectivity index (χ4n) is 0.735. The molecule has 0 radical (unpaired) electrons. The molecule has 0 aromatic rings. The third-order valence-electron chi connectivity index (χ3n) is 1.36. The first-order valence-electron chi connectivity index (χ1n) is 4.70. The molecular weight excluding hydrogens is 239 g/mol. The number of hydrogen-bond acceptors (Lipinski definition) is 6. The molecule has 0 atom stereocenters. The maximum atomic E-state index is 12.0. The molecule has 7 heteroatoms. The van der Waals surface area contributed by atoms with Crippen molar-refractivity contribution in [2.24, 2.45) is 0 Å². The first-order chi connectivity index (χ1) is 7.18. The molecule has 0 aliphatic heterocycles. The maximum Gasteiger partial charge on any atom is 0.389 e. The number of methoxy groups -OCH3 is 2. The Kier molecular flexibility index (Phi) is 9.90. The van der Waals surface area contributed by atoms with Gasteiger partial charge in [0.1, 0.15) is 0 Å². The molecule has 92 valence electrons. The van der Waals surface area contributed by atoms with Crippen LogP contribution in [-0.4, -0.2) is 46.4 Å². The summed E-state index contributed by atoms with van der Waals surface area (Å²) in [5, 5.41) is 0. The maximum absolute atomic E-state index is 12.0. The molecule has 0 fully saturated rings. The van der Waals surface area contributed by atoms with Crippen LogP contribution in [0.1, 0.15) is 6.92 Å². The SMILES string of the molecule is CCSP(=O)(OCCOC)OCCOC. The van der Waals surface area contributed by atoms with Gasteiger partial charge in [-0.15, -0.1) is 0 Å². The summed E-state index contributed by atoms with van der Waals surface area (Å²) < 4.78 is 31.9. The molecule has 0 unspecified atom stereocenters. The highest BCUT2D eigenvalue weighted by molar-refractivity contribution is 8.55. The Hall–Kier alpha value is 0.420. The van der Waals surface area contributed by atoms with Crippen molar-refractivity contribution in [1.82, 2.24) is 0 Å². The van der Waals surface area contributed by atoms with Crippen molar-refractivity contribution in [3.63, 3.8) is 0 Å². The molecule has 0 spiro atoms. The minimum Gasteiger partial charge on any atom is -0.382 e. The van der Waals surface area contributed by atoms with Crippen LogP contribution in [0.15, 0.2) is 0 Å². The standard InChI is InChI=1S/C8H19O5PS/c1-4-15-14(9,12-7-5-10-2)13-8-6-11-3/h4-8H2,1-3H3. The van der Waals surface area contributed by atoms with Crippen LogP contribution in [0.5, 0.6) is 0 Å². The van der Waals surface area contributed by atoms with E-state index in [9.17, 15) is 4.57 Å². The summed E-state index contributed by atoms with van der Waals surface area (Å²) in [5.41, 5.74) is 0. The van der Waals surface area contributed by atoms with E-state index in [-0.39, 0.29) is 13.2 Å². The lowest BCUT2D eigenvalue weighted by atomic mass is 10.8. The third kappa shape index (κ3) is 8.25. The number of rotatable bonds is 10. The van der Waals surface area contributed by atoms with Crippen LogP contribution in [0.2, 0.25) is 0 Å². The summed E-state index contributed by atoms with van der Waals surface area (Å²) in [6, 6.07) is 0. The molecular formula is C8H19O5PS. The zero-order valence-electron chi connectivity index (χ0n) is 9.43. The zero-order chi connectivity index (χ0) is 11.6. The predicted octanol–water partition coefficient (Wildman–Crippen LogP) is 2.17. The van der Waals surface area contributed by atoms with Gasteiger partial charge in [0.2, 0.25) is 0 Å². The van der Waals surface area contributed by atoms with Gasteiger partial charge in [-0.05, 0) is 11.4 Å². The average molecular weight is 258 g/mol. The topological polar surface area (TPSA) is 54.0 Å². The lowest BCUT2D eigenvalue weighted by Gasteiger charge is -2.16. The molecule has 0 saturated heterocycles. The first kappa shape index (κ1) is 15.4. The van der Waals surface area contributed by atoms with Crippen molar-refractivity contribution in [1.29, 1.82) is 0 Å². The molecule has 0 aromatic heterocycles. The van der Waals surface area contributed by atoms with Crippen molar-refractivity contribution in [3.8, 4) is 0 Å². The van der Waals surface area contributed by atoms with E-state index in [1.807, 2.05) is 6.92 Å². The lowest BCUT2D eigenvalue weighted by molar-refractivity contribution is 0.113. The Bertz CT molecular complexity index is 176. The first-order valence-corrected chi connectivity index (χ1v) is 7.83. The molecule has 0 bridgehead atoms. The predicted molar refractivity (Wildman–Crippen MR) is 61.4 cm³/mol. The van der Waals surface area contributed by atoms with E-state index in [4.69, 9.17) is 18.5 Å². The number of ether oxygens (including phenoxy) is 2. The van der Waals surface area contributed by atoms with Crippen LogP contribution < -0.4 is 0 Å². The van der Waals surface area contributed by atoms with E-state index >= 15 is 0 Å². The fraction of sp³-hybridized carbons (Fsp3) is 1.00. The summed E-state index contributed by atoms with van der Waals surface area (Å²) in [4.78, 5) is 0. The lowest BCUT2D eigenvalue weighted by Crippen LogP contribution is -2.04. The Morgan fingerprint density at radius 1 is 1.00 bits per heavy atom. The highest BCUT2D eigenvalue weighted by atomic mass is 32.7. The zero-order valence-corrected chi connectivity index (χ0v) is 11.1. The van der Waals surface area contributed by atoms with Crippen LogP contribution in [0.3, 0.4) is 0 Å². The highest BCUT2D eigenvalue weighted by Gasteiger charge is 2.24. The second kappa shape index (κ2) is 9.63. The van der Waals surface area contributed by atoms with E-state index in [2.05, 4.69) is 0 Å². The smallest absolute Gasteiger partial charge is 0.382 e. The molecule has 0 heterocycles. The Morgan fingerprint density at radius 2 is 1.47 bits per heavy atom. The minimum atomic E-state index is -3.02. The van der Waals surface area contributed by atoms with Gasteiger partial charge in [0.25, 0.3) is 0 Å². The van der Waals surface area contributed by atoms with Gasteiger partial charge in [-0.2, -0.15) is 0 Å². The summed E-state index contributed by atoms with van der Waals surface area (Å²) in [6.45, 7) is 0.230. The molecule has 0 N–H and O–H groups in total. The van der Waals surface area contributed by atoms with Crippen LogP contribution >= 0.6 is 18.2 Å². The van der Waals surface area contributed by atoms with E-state index in [1.54, 1.807) is 14.2 Å². The molecule has 15 heavy (non-hydrogen) atoms. The van der Waals surface area contributed by atoms with Crippen molar-refractivity contribution < 1.29 is 23.1 Å². The number of hydrogen-bond donors (Lipinski definition) is 0. The van der Waals surface area contributed by atoms with Crippen LogP contribution in [0.4, 0.5) is 0 Å².